The fourth-order valence-corrected chi connectivity index (χ4v) is 0.770. The number of allylic oxidation sites excluding steroid dienone is 1. The van der Waals surface area contributed by atoms with Crippen molar-refractivity contribution >= 4 is 24.1 Å². The third kappa shape index (κ3) is 3.93. The molecule has 0 N–H and O–H groups in total. The van der Waals surface area contributed by atoms with Crippen LogP contribution in [0.2, 0.25) is 0 Å². The maximum Gasteiger partial charge on any atom is 0.433 e. The second kappa shape index (κ2) is 4.86. The number of hydrogen-bond donors (Lipinski definition) is 0. The van der Waals surface area contributed by atoms with E-state index in [4.69, 9.17) is 11.6 Å². The summed E-state index contributed by atoms with van der Waals surface area (Å²) in [5.41, 5.74) is -0.797. The van der Waals surface area contributed by atoms with E-state index in [0.29, 0.717) is 16.8 Å². The minimum Gasteiger partial charge on any atom is -0.297 e. The zero-order valence-corrected chi connectivity index (χ0v) is 7.30. The molecule has 0 saturated carbocycles. The van der Waals surface area contributed by atoms with Gasteiger partial charge in [0.25, 0.3) is 0 Å². The minimum absolute atomic E-state index is 0.263. The molecule has 0 atom stereocenters. The Morgan fingerprint density at radius 3 is 2.38 bits per heavy atom. The van der Waals surface area contributed by atoms with Crippen molar-refractivity contribution in [2.75, 3.05) is 7.05 Å². The number of carbonyl (C=O) groups is 1. The van der Waals surface area contributed by atoms with Crippen LogP contribution in [0.4, 0.5) is 13.2 Å². The first kappa shape index (κ1) is 12.0. The second-order valence-electron chi connectivity index (χ2n) is 1.92. The number of halogens is 4. The molecule has 0 heterocycles. The van der Waals surface area contributed by atoms with Crippen LogP contribution in [0.25, 0.3) is 0 Å². The van der Waals surface area contributed by atoms with Crippen LogP contribution in [0.1, 0.15) is 0 Å². The molecule has 0 spiro atoms. The molecule has 13 heavy (non-hydrogen) atoms. The molecule has 0 amide bonds. The largest absolute Gasteiger partial charge is 0.433 e. The maximum atomic E-state index is 12.0. The molecule has 0 saturated heterocycles. The molecule has 0 aromatic carbocycles. The summed E-state index contributed by atoms with van der Waals surface area (Å²) in [6, 6.07) is 0. The molecular weight excluding hydrogens is 209 g/mol. The Balaban J connectivity index is 4.62. The highest BCUT2D eigenvalue weighted by Crippen LogP contribution is 2.28. The summed E-state index contributed by atoms with van der Waals surface area (Å²) in [4.78, 5) is 9.76. The van der Waals surface area contributed by atoms with Crippen molar-refractivity contribution in [2.45, 2.75) is 6.18 Å². The molecule has 0 radical (unpaired) electrons. The number of hydrogen-bond acceptors (Lipinski definition) is 3. The van der Waals surface area contributed by atoms with E-state index < -0.39 is 11.9 Å². The van der Waals surface area contributed by atoms with Crippen molar-refractivity contribution in [3.8, 4) is 0 Å². The van der Waals surface area contributed by atoms with Gasteiger partial charge in [-0.2, -0.15) is 18.3 Å². The average molecular weight is 215 g/mol. The molecule has 74 valence electrons. The van der Waals surface area contributed by atoms with Gasteiger partial charge < -0.3 is 0 Å². The highest BCUT2D eigenvalue weighted by Gasteiger charge is 2.36. The number of aldehydes is 1. The summed E-state index contributed by atoms with van der Waals surface area (Å²) in [5, 5.41) is 3.61. The Morgan fingerprint density at radius 1 is 1.54 bits per heavy atom. The lowest BCUT2D eigenvalue weighted by Crippen LogP contribution is -2.24. The highest BCUT2D eigenvalue weighted by atomic mass is 35.5. The van der Waals surface area contributed by atoms with E-state index in [1.54, 1.807) is 0 Å². The van der Waals surface area contributed by atoms with Crippen molar-refractivity contribution in [3.05, 3.63) is 11.2 Å². The molecule has 0 aromatic rings. The zero-order valence-electron chi connectivity index (χ0n) is 6.55. The Hall–Kier alpha value is -1.04. The molecule has 0 fully saturated rings. The van der Waals surface area contributed by atoms with Crippen molar-refractivity contribution in [1.82, 2.24) is 5.01 Å². The van der Waals surface area contributed by atoms with Crippen LogP contribution < -0.4 is 0 Å². The van der Waals surface area contributed by atoms with E-state index >= 15 is 0 Å². The van der Waals surface area contributed by atoms with Gasteiger partial charge in [-0.3, -0.25) is 9.80 Å². The van der Waals surface area contributed by atoms with Crippen LogP contribution in [-0.2, 0) is 4.79 Å². The van der Waals surface area contributed by atoms with Gasteiger partial charge in [0.1, 0.15) is 0 Å². The SMILES string of the molecule is CN(/N=C\C=O)/C(=C\Cl)C(F)(F)F. The third-order valence-corrected chi connectivity index (χ3v) is 1.25. The molecule has 3 nitrogen and oxygen atoms in total. The number of alkyl halides is 3. The Morgan fingerprint density at radius 2 is 2.08 bits per heavy atom. The lowest BCUT2D eigenvalue weighted by molar-refractivity contribution is -0.109. The summed E-state index contributed by atoms with van der Waals surface area (Å²) in [6.07, 6.45) is -3.64. The molecule has 0 aromatic heterocycles. The van der Waals surface area contributed by atoms with Gasteiger partial charge >= 0.3 is 6.18 Å². The van der Waals surface area contributed by atoms with E-state index in [1.807, 2.05) is 0 Å². The predicted octanol–water partition coefficient (Wildman–Crippen LogP) is 1.75. The van der Waals surface area contributed by atoms with Gasteiger partial charge in [-0.25, -0.2) is 0 Å². The van der Waals surface area contributed by atoms with Gasteiger partial charge in [0.05, 0.1) is 6.21 Å². The smallest absolute Gasteiger partial charge is 0.297 e. The van der Waals surface area contributed by atoms with E-state index in [9.17, 15) is 18.0 Å². The summed E-state index contributed by atoms with van der Waals surface area (Å²) in [6.45, 7) is 0. The molecule has 0 rings (SSSR count). The van der Waals surface area contributed by atoms with Crippen LogP contribution in [0, 0.1) is 0 Å². The van der Waals surface area contributed by atoms with Crippen molar-refractivity contribution < 1.29 is 18.0 Å². The third-order valence-electron chi connectivity index (χ3n) is 1.04. The average Bonchev–Trinajstić information content (AvgIpc) is 1.99. The first-order valence-electron chi connectivity index (χ1n) is 3.02. The fourth-order valence-electron chi connectivity index (χ4n) is 0.505. The molecule has 7 heteroatoms. The molecule has 0 unspecified atom stereocenters. The van der Waals surface area contributed by atoms with E-state index in [-0.39, 0.29) is 6.29 Å². The number of carbonyl (C=O) groups excluding carboxylic acids is 1. The van der Waals surface area contributed by atoms with Gasteiger partial charge in [-0.05, 0) is 0 Å². The molecule has 0 bridgehead atoms. The van der Waals surface area contributed by atoms with Crippen LogP contribution in [0.5, 0.6) is 0 Å². The van der Waals surface area contributed by atoms with Crippen molar-refractivity contribution in [2.24, 2.45) is 5.10 Å². The fraction of sp³-hybridized carbons (Fsp3) is 0.333. The van der Waals surface area contributed by atoms with Crippen LogP contribution >= 0.6 is 11.6 Å². The topological polar surface area (TPSA) is 32.7 Å². The standard InChI is InChI=1S/C6H6ClF3N2O/c1-12(11-2-3-13)5(4-7)6(8,9)10/h2-4H,1H3/b5-4-,11-2-. The van der Waals surface area contributed by atoms with E-state index in [2.05, 4.69) is 5.10 Å². The Bertz CT molecular complexity index is 237. The van der Waals surface area contributed by atoms with E-state index in [0.717, 1.165) is 7.05 Å². The molecule has 0 aliphatic carbocycles. The summed E-state index contributed by atoms with van der Waals surface area (Å²) < 4.78 is 36.1. The first-order valence-corrected chi connectivity index (χ1v) is 3.46. The van der Waals surface area contributed by atoms with Gasteiger partial charge in [-0.15, -0.1) is 0 Å². The second-order valence-corrected chi connectivity index (χ2v) is 2.13. The van der Waals surface area contributed by atoms with Crippen LogP contribution in [0.3, 0.4) is 0 Å². The van der Waals surface area contributed by atoms with Crippen LogP contribution in [0.15, 0.2) is 16.3 Å². The van der Waals surface area contributed by atoms with Gasteiger partial charge in [0.2, 0.25) is 0 Å². The lowest BCUT2D eigenvalue weighted by Gasteiger charge is -2.17. The predicted molar refractivity (Wildman–Crippen MR) is 42.3 cm³/mol. The quantitative estimate of drug-likeness (QED) is 0.407. The van der Waals surface area contributed by atoms with Gasteiger partial charge in [0, 0.05) is 12.6 Å². The van der Waals surface area contributed by atoms with Crippen molar-refractivity contribution in [1.29, 1.82) is 0 Å². The van der Waals surface area contributed by atoms with E-state index in [1.165, 1.54) is 0 Å². The zero-order chi connectivity index (χ0) is 10.5. The summed E-state index contributed by atoms with van der Waals surface area (Å²) >= 11 is 4.94. The summed E-state index contributed by atoms with van der Waals surface area (Å²) in [5.74, 6) is 0. The molecule has 0 aliphatic heterocycles. The minimum atomic E-state index is -4.59. The Kier molecular flexibility index (Phi) is 4.47. The van der Waals surface area contributed by atoms with Gasteiger partial charge in [-0.1, -0.05) is 11.6 Å². The number of nitrogens with zero attached hydrogens (tertiary/aromatic N) is 2. The number of hydrazone groups is 1. The maximum absolute atomic E-state index is 12.0. The summed E-state index contributed by atoms with van der Waals surface area (Å²) in [7, 11) is 1.03. The monoisotopic (exact) mass is 214 g/mol. The number of rotatable bonds is 3. The lowest BCUT2D eigenvalue weighted by atomic mass is 10.5. The van der Waals surface area contributed by atoms with Crippen molar-refractivity contribution in [3.63, 3.8) is 0 Å². The molecular formula is C6H6ClF3N2O. The first-order chi connectivity index (χ1) is 5.93. The normalized spacial score (nSPS) is 13.5. The Labute approximate surface area is 77.5 Å². The van der Waals surface area contributed by atoms with Gasteiger partial charge in [0.15, 0.2) is 12.0 Å². The highest BCUT2D eigenvalue weighted by molar-refractivity contribution is 6.25. The van der Waals surface area contributed by atoms with Crippen LogP contribution in [-0.4, -0.2) is 30.7 Å². The molecule has 0 aliphatic rings.